The third-order valence-electron chi connectivity index (χ3n) is 7.65. The van der Waals surface area contributed by atoms with Crippen molar-refractivity contribution in [3.8, 4) is 0 Å². The van der Waals surface area contributed by atoms with Gasteiger partial charge in [-0.3, -0.25) is 9.59 Å². The van der Waals surface area contributed by atoms with Crippen LogP contribution in [0, 0.1) is 5.82 Å². The number of nitrogens with one attached hydrogen (secondary N) is 1. The molecule has 2 heterocycles. The Morgan fingerprint density at radius 1 is 1.00 bits per heavy atom. The molecule has 0 aromatic heterocycles. The number of piperidine rings is 1. The van der Waals surface area contributed by atoms with E-state index in [2.05, 4.69) is 10.2 Å². The summed E-state index contributed by atoms with van der Waals surface area (Å²) in [7, 11) is 1.74. The van der Waals surface area contributed by atoms with E-state index in [-0.39, 0.29) is 36.1 Å². The lowest BCUT2D eigenvalue weighted by Gasteiger charge is -2.43. The van der Waals surface area contributed by atoms with Crippen LogP contribution in [0.5, 0.6) is 0 Å². The molecule has 0 saturated carbocycles. The quantitative estimate of drug-likeness (QED) is 0.467. The number of likely N-dealkylation sites (tertiary alicyclic amines) is 1. The summed E-state index contributed by atoms with van der Waals surface area (Å²) in [5.41, 5.74) is 1.43. The molecule has 4 amide bonds. The zero-order chi connectivity index (χ0) is 28.3. The van der Waals surface area contributed by atoms with Crippen LogP contribution < -0.4 is 10.2 Å². The van der Waals surface area contributed by atoms with E-state index in [0.29, 0.717) is 38.2 Å². The average Bonchev–Trinajstić information content (AvgIpc) is 3.22. The van der Waals surface area contributed by atoms with Crippen LogP contribution in [-0.2, 0) is 16.1 Å². The molecule has 0 aliphatic carbocycles. The lowest BCUT2D eigenvalue weighted by atomic mass is 9.85. The van der Waals surface area contributed by atoms with Crippen LogP contribution in [0.3, 0.4) is 0 Å². The van der Waals surface area contributed by atoms with Crippen molar-refractivity contribution in [3.63, 3.8) is 0 Å². The normalized spacial score (nSPS) is 16.4. The maximum absolute atomic E-state index is 14.0. The first-order valence-electron chi connectivity index (χ1n) is 13.2. The number of para-hydroxylation sites is 1. The molecule has 3 aromatic carbocycles. The van der Waals surface area contributed by atoms with Gasteiger partial charge in [-0.1, -0.05) is 60.1 Å². The molecular formula is C30H31ClFN5O3. The highest BCUT2D eigenvalue weighted by molar-refractivity contribution is 6.31. The molecule has 5 rings (SSSR count). The van der Waals surface area contributed by atoms with E-state index in [4.69, 9.17) is 11.6 Å². The molecule has 10 heteroatoms. The molecule has 2 fully saturated rings. The Hall–Kier alpha value is -4.11. The predicted molar refractivity (Wildman–Crippen MR) is 152 cm³/mol. The maximum atomic E-state index is 14.0. The van der Waals surface area contributed by atoms with Crippen molar-refractivity contribution in [1.82, 2.24) is 14.7 Å². The first kappa shape index (κ1) is 27.5. The number of carbonyl (C=O) groups excluding carboxylic acids is 3. The zero-order valence-electron chi connectivity index (χ0n) is 22.2. The summed E-state index contributed by atoms with van der Waals surface area (Å²) < 4.78 is 13.5. The number of nitrogens with zero attached hydrogens (tertiary/aromatic N) is 4. The van der Waals surface area contributed by atoms with E-state index in [1.807, 2.05) is 60.7 Å². The van der Waals surface area contributed by atoms with Crippen molar-refractivity contribution in [2.75, 3.05) is 43.6 Å². The minimum absolute atomic E-state index is 0.0250. The van der Waals surface area contributed by atoms with Crippen molar-refractivity contribution in [3.05, 3.63) is 95.3 Å². The highest BCUT2D eigenvalue weighted by atomic mass is 35.5. The second kappa shape index (κ2) is 11.6. The van der Waals surface area contributed by atoms with Gasteiger partial charge in [0.25, 0.3) is 5.91 Å². The van der Waals surface area contributed by atoms with E-state index in [1.54, 1.807) is 21.7 Å². The van der Waals surface area contributed by atoms with Gasteiger partial charge in [-0.15, -0.1) is 0 Å². The summed E-state index contributed by atoms with van der Waals surface area (Å²) in [5, 5.41) is 2.68. The van der Waals surface area contributed by atoms with Gasteiger partial charge < -0.3 is 24.9 Å². The highest BCUT2D eigenvalue weighted by Gasteiger charge is 2.54. The van der Waals surface area contributed by atoms with Crippen molar-refractivity contribution in [2.24, 2.45) is 0 Å². The van der Waals surface area contributed by atoms with E-state index in [9.17, 15) is 18.8 Å². The van der Waals surface area contributed by atoms with Crippen LogP contribution in [0.25, 0.3) is 0 Å². The fraction of sp³-hybridized carbons (Fsp3) is 0.300. The van der Waals surface area contributed by atoms with Crippen LogP contribution in [0.15, 0.2) is 78.9 Å². The number of amides is 4. The highest BCUT2D eigenvalue weighted by Crippen LogP contribution is 2.39. The Morgan fingerprint density at radius 2 is 1.65 bits per heavy atom. The van der Waals surface area contributed by atoms with E-state index in [1.165, 1.54) is 18.2 Å². The first-order valence-corrected chi connectivity index (χ1v) is 13.6. The lowest BCUT2D eigenvalue weighted by Crippen LogP contribution is -2.58. The second-order valence-electron chi connectivity index (χ2n) is 10.2. The van der Waals surface area contributed by atoms with Crippen molar-refractivity contribution >= 4 is 40.8 Å². The number of halogens is 2. The number of carbonyl (C=O) groups is 3. The number of hydrogen-bond acceptors (Lipinski definition) is 4. The largest absolute Gasteiger partial charge is 0.340 e. The van der Waals surface area contributed by atoms with Crippen molar-refractivity contribution < 1.29 is 18.8 Å². The summed E-state index contributed by atoms with van der Waals surface area (Å²) in [6.07, 6.45) is 0.811. The minimum Gasteiger partial charge on any atom is -0.340 e. The molecule has 0 bridgehead atoms. The Kier molecular flexibility index (Phi) is 7.93. The smallest absolute Gasteiger partial charge is 0.321 e. The SMILES string of the molecule is CN(Cc1ccccc1)C(=O)CN1CN(c2ccccc2)C2(CCN(C(=O)Nc3ccc(F)c(Cl)c3)CC2)C1=O. The molecule has 1 spiro atoms. The number of likely N-dealkylation sites (N-methyl/N-ethyl adjacent to an activating group) is 1. The molecule has 8 nitrogen and oxygen atoms in total. The summed E-state index contributed by atoms with van der Waals surface area (Å²) in [6, 6.07) is 23.1. The Bertz CT molecular complexity index is 1380. The molecule has 40 heavy (non-hydrogen) atoms. The van der Waals surface area contributed by atoms with Gasteiger partial charge in [0.15, 0.2) is 0 Å². The Balaban J connectivity index is 1.29. The average molecular weight is 564 g/mol. The summed E-state index contributed by atoms with van der Waals surface area (Å²) in [6.45, 7) is 1.40. The van der Waals surface area contributed by atoms with Crippen LogP contribution >= 0.6 is 11.6 Å². The van der Waals surface area contributed by atoms with Crippen LogP contribution in [-0.4, -0.2) is 71.4 Å². The molecule has 208 valence electrons. The van der Waals surface area contributed by atoms with Gasteiger partial charge in [0, 0.05) is 38.1 Å². The van der Waals surface area contributed by atoms with E-state index >= 15 is 0 Å². The van der Waals surface area contributed by atoms with Gasteiger partial charge in [-0.2, -0.15) is 0 Å². The molecule has 0 radical (unpaired) electrons. The standard InChI is InChI=1S/C30H31ClFN5O3/c1-34(19-22-8-4-2-5-9-22)27(38)20-36-21-37(24-10-6-3-7-11-24)30(28(36)39)14-16-35(17-15-30)29(40)33-23-12-13-26(32)25(31)18-23/h2-13,18H,14-17,19-21H2,1H3,(H,33,40). The van der Waals surface area contributed by atoms with Gasteiger partial charge in [-0.05, 0) is 48.7 Å². The predicted octanol–water partition coefficient (Wildman–Crippen LogP) is 4.81. The number of benzene rings is 3. The number of urea groups is 1. The summed E-state index contributed by atoms with van der Waals surface area (Å²) in [5.74, 6) is -0.810. The fourth-order valence-electron chi connectivity index (χ4n) is 5.41. The van der Waals surface area contributed by atoms with Gasteiger partial charge in [0.05, 0.1) is 11.7 Å². The van der Waals surface area contributed by atoms with Crippen LogP contribution in [0.1, 0.15) is 18.4 Å². The van der Waals surface area contributed by atoms with Crippen molar-refractivity contribution in [1.29, 1.82) is 0 Å². The topological polar surface area (TPSA) is 76.2 Å². The molecule has 2 saturated heterocycles. The Labute approximate surface area is 237 Å². The first-order chi connectivity index (χ1) is 19.3. The van der Waals surface area contributed by atoms with Crippen LogP contribution in [0.2, 0.25) is 5.02 Å². The maximum Gasteiger partial charge on any atom is 0.321 e. The molecule has 3 aromatic rings. The number of rotatable bonds is 6. The third-order valence-corrected chi connectivity index (χ3v) is 7.93. The second-order valence-corrected chi connectivity index (χ2v) is 10.6. The van der Waals surface area contributed by atoms with Gasteiger partial charge in [0.1, 0.15) is 17.9 Å². The van der Waals surface area contributed by atoms with Gasteiger partial charge in [-0.25, -0.2) is 9.18 Å². The molecule has 2 aliphatic rings. The summed E-state index contributed by atoms with van der Waals surface area (Å²) >= 11 is 5.85. The molecule has 1 N–H and O–H groups in total. The van der Waals surface area contributed by atoms with E-state index < -0.39 is 11.4 Å². The van der Waals surface area contributed by atoms with Gasteiger partial charge in [0.2, 0.25) is 5.91 Å². The summed E-state index contributed by atoms with van der Waals surface area (Å²) in [4.78, 5) is 47.0. The number of hydrogen-bond donors (Lipinski definition) is 1. The molecule has 0 unspecified atom stereocenters. The molecular weight excluding hydrogens is 533 g/mol. The molecule has 2 aliphatic heterocycles. The van der Waals surface area contributed by atoms with Crippen LogP contribution in [0.4, 0.5) is 20.6 Å². The van der Waals surface area contributed by atoms with E-state index in [0.717, 1.165) is 11.3 Å². The monoisotopic (exact) mass is 563 g/mol. The molecule has 0 atom stereocenters. The Morgan fingerprint density at radius 3 is 2.30 bits per heavy atom. The minimum atomic E-state index is -0.865. The zero-order valence-corrected chi connectivity index (χ0v) is 23.0. The van der Waals surface area contributed by atoms with Crippen molar-refractivity contribution in [2.45, 2.75) is 24.9 Å². The third kappa shape index (κ3) is 5.60. The lowest BCUT2D eigenvalue weighted by molar-refractivity contribution is -0.140. The van der Waals surface area contributed by atoms with Gasteiger partial charge >= 0.3 is 6.03 Å². The number of anilines is 2. The fourth-order valence-corrected chi connectivity index (χ4v) is 5.59.